The Morgan fingerprint density at radius 3 is 2.05 bits per heavy atom. The minimum absolute atomic E-state index is 0.525. The van der Waals surface area contributed by atoms with Gasteiger partial charge in [-0.2, -0.15) is 0 Å². The molecule has 2 aromatic carbocycles. The lowest BCUT2D eigenvalue weighted by molar-refractivity contribution is -0.142. The average Bonchev–Trinajstić information content (AvgIpc) is 2.47. The first-order chi connectivity index (χ1) is 9.09. The summed E-state index contributed by atoms with van der Waals surface area (Å²) in [7, 11) is 1.32. The molecule has 4 heteroatoms. The van der Waals surface area contributed by atoms with Crippen LogP contribution < -0.4 is 0 Å². The summed E-state index contributed by atoms with van der Waals surface area (Å²) in [4.78, 5) is 10.8. The molecule has 19 heavy (non-hydrogen) atoms. The third-order valence-corrected chi connectivity index (χ3v) is 3.72. The van der Waals surface area contributed by atoms with Gasteiger partial charge in [-0.3, -0.25) is 0 Å². The second kappa shape index (κ2) is 5.64. The van der Waals surface area contributed by atoms with Crippen LogP contribution in [0.4, 0.5) is 0 Å². The van der Waals surface area contributed by atoms with Crippen LogP contribution in [0.25, 0.3) is 0 Å². The summed E-state index contributed by atoms with van der Waals surface area (Å²) in [5, 5.41) is 0.584. The van der Waals surface area contributed by atoms with Gasteiger partial charge in [0.25, 0.3) is 0 Å². The number of benzene rings is 2. The second-order valence-corrected chi connectivity index (χ2v) is 5.03. The quantitative estimate of drug-likeness (QED) is 0.632. The van der Waals surface area contributed by atoms with Crippen molar-refractivity contribution in [2.24, 2.45) is 0 Å². The van der Waals surface area contributed by atoms with Gasteiger partial charge in [0.1, 0.15) is 0 Å². The van der Waals surface area contributed by atoms with Gasteiger partial charge >= 0.3 is 5.97 Å². The Morgan fingerprint density at radius 2 is 1.53 bits per heavy atom. The van der Waals surface area contributed by atoms with Crippen molar-refractivity contribution in [3.63, 3.8) is 0 Å². The number of rotatable bonds is 3. The second-order valence-electron chi connectivity index (χ2n) is 4.02. The Bertz CT molecular complexity index is 566. The number of esters is 1. The van der Waals surface area contributed by atoms with E-state index in [4.69, 9.17) is 27.9 Å². The summed E-state index contributed by atoms with van der Waals surface area (Å²) < 4.78 is 4.85. The Labute approximate surface area is 121 Å². The van der Waals surface area contributed by atoms with Gasteiger partial charge in [0.15, 0.2) is 4.87 Å². The van der Waals surface area contributed by atoms with E-state index in [2.05, 4.69) is 0 Å². The molecule has 0 fully saturated rings. The van der Waals surface area contributed by atoms with Crippen molar-refractivity contribution in [2.45, 2.75) is 4.87 Å². The van der Waals surface area contributed by atoms with Crippen molar-refractivity contribution < 1.29 is 9.53 Å². The predicted octanol–water partition coefficient (Wildman–Crippen LogP) is 4.00. The van der Waals surface area contributed by atoms with Gasteiger partial charge in [-0.25, -0.2) is 4.79 Å². The topological polar surface area (TPSA) is 26.3 Å². The molecule has 0 saturated carbocycles. The monoisotopic (exact) mass is 294 g/mol. The zero-order valence-corrected chi connectivity index (χ0v) is 11.8. The van der Waals surface area contributed by atoms with E-state index in [1.165, 1.54) is 7.11 Å². The fourth-order valence-corrected chi connectivity index (χ4v) is 2.35. The molecule has 0 N–H and O–H groups in total. The van der Waals surface area contributed by atoms with E-state index >= 15 is 0 Å². The van der Waals surface area contributed by atoms with Gasteiger partial charge in [0, 0.05) is 5.02 Å². The summed E-state index contributed by atoms with van der Waals surface area (Å²) in [6.07, 6.45) is 0. The third kappa shape index (κ3) is 2.60. The molecule has 0 saturated heterocycles. The zero-order chi connectivity index (χ0) is 13.9. The lowest BCUT2D eigenvalue weighted by Crippen LogP contribution is -2.32. The molecule has 0 amide bonds. The van der Waals surface area contributed by atoms with Gasteiger partial charge in [-0.1, -0.05) is 65.7 Å². The molecule has 0 bridgehead atoms. The summed E-state index contributed by atoms with van der Waals surface area (Å²) in [5.74, 6) is -0.525. The predicted molar refractivity (Wildman–Crippen MR) is 76.5 cm³/mol. The molecule has 98 valence electrons. The van der Waals surface area contributed by atoms with Crippen LogP contribution >= 0.6 is 23.2 Å². The smallest absolute Gasteiger partial charge is 0.336 e. The minimum Gasteiger partial charge on any atom is -0.467 e. The van der Waals surface area contributed by atoms with Crippen LogP contribution in [-0.2, 0) is 14.4 Å². The van der Waals surface area contributed by atoms with Crippen molar-refractivity contribution in [2.75, 3.05) is 7.11 Å². The first kappa shape index (κ1) is 13.9. The number of methoxy groups -OCH3 is 1. The molecule has 0 spiro atoms. The largest absolute Gasteiger partial charge is 0.467 e. The number of ether oxygens (including phenoxy) is 1. The minimum atomic E-state index is -1.36. The van der Waals surface area contributed by atoms with Crippen LogP contribution in [0.2, 0.25) is 5.02 Å². The Kier molecular flexibility index (Phi) is 4.13. The summed E-state index contributed by atoms with van der Waals surface area (Å²) in [6.45, 7) is 0. The number of hydrogen-bond donors (Lipinski definition) is 0. The van der Waals surface area contributed by atoms with Crippen molar-refractivity contribution >= 4 is 29.2 Å². The fourth-order valence-electron chi connectivity index (χ4n) is 1.89. The van der Waals surface area contributed by atoms with Gasteiger partial charge < -0.3 is 4.74 Å². The number of carbonyl (C=O) groups is 1. The number of alkyl halides is 1. The molecule has 1 atom stereocenters. The van der Waals surface area contributed by atoms with E-state index in [1.807, 2.05) is 18.2 Å². The molecule has 0 heterocycles. The van der Waals surface area contributed by atoms with E-state index in [1.54, 1.807) is 36.4 Å². The van der Waals surface area contributed by atoms with Gasteiger partial charge in [0.05, 0.1) is 7.11 Å². The Balaban J connectivity index is 2.58. The highest BCUT2D eigenvalue weighted by molar-refractivity contribution is 6.36. The van der Waals surface area contributed by atoms with Crippen LogP contribution in [0, 0.1) is 0 Å². The van der Waals surface area contributed by atoms with E-state index in [-0.39, 0.29) is 0 Å². The van der Waals surface area contributed by atoms with E-state index < -0.39 is 10.8 Å². The fraction of sp³-hybridized carbons (Fsp3) is 0.133. The summed E-state index contributed by atoms with van der Waals surface area (Å²) in [5.41, 5.74) is 1.28. The van der Waals surface area contributed by atoms with E-state index in [9.17, 15) is 4.79 Å². The van der Waals surface area contributed by atoms with Gasteiger partial charge in [0.2, 0.25) is 0 Å². The van der Waals surface area contributed by atoms with Crippen LogP contribution in [0.3, 0.4) is 0 Å². The van der Waals surface area contributed by atoms with Crippen LogP contribution in [0.1, 0.15) is 11.1 Å². The van der Waals surface area contributed by atoms with E-state index in [0.29, 0.717) is 16.1 Å². The highest BCUT2D eigenvalue weighted by atomic mass is 35.5. The first-order valence-electron chi connectivity index (χ1n) is 5.68. The molecule has 0 aromatic heterocycles. The molecule has 0 aliphatic rings. The third-order valence-electron chi connectivity index (χ3n) is 2.88. The van der Waals surface area contributed by atoms with Crippen molar-refractivity contribution in [3.8, 4) is 0 Å². The Morgan fingerprint density at radius 1 is 1.00 bits per heavy atom. The lowest BCUT2D eigenvalue weighted by Gasteiger charge is -2.25. The molecule has 2 nitrogen and oxygen atoms in total. The summed E-state index contributed by atoms with van der Waals surface area (Å²) in [6, 6.07) is 15.9. The SMILES string of the molecule is COC(=O)C(Cl)(c1ccccc1)c1ccc(Cl)cc1. The highest BCUT2D eigenvalue weighted by Gasteiger charge is 2.41. The lowest BCUT2D eigenvalue weighted by atomic mass is 9.90. The number of halogens is 2. The van der Waals surface area contributed by atoms with Crippen LogP contribution in [-0.4, -0.2) is 13.1 Å². The molecule has 2 rings (SSSR count). The van der Waals surface area contributed by atoms with Crippen molar-refractivity contribution in [1.29, 1.82) is 0 Å². The first-order valence-corrected chi connectivity index (χ1v) is 6.43. The Hall–Kier alpha value is -1.51. The maximum atomic E-state index is 12.1. The van der Waals surface area contributed by atoms with Crippen LogP contribution in [0.5, 0.6) is 0 Å². The van der Waals surface area contributed by atoms with Gasteiger partial charge in [-0.15, -0.1) is 0 Å². The molecule has 1 unspecified atom stereocenters. The maximum Gasteiger partial charge on any atom is 0.336 e. The number of carbonyl (C=O) groups excluding carboxylic acids is 1. The van der Waals surface area contributed by atoms with Gasteiger partial charge in [-0.05, 0) is 23.3 Å². The standard InChI is InChI=1S/C15H12Cl2O2/c1-19-14(18)15(17,11-5-3-2-4-6-11)12-7-9-13(16)10-8-12/h2-10H,1H3. The number of hydrogen-bond acceptors (Lipinski definition) is 2. The van der Waals surface area contributed by atoms with Crippen LogP contribution in [0.15, 0.2) is 54.6 Å². The normalized spacial score (nSPS) is 13.6. The molecule has 0 radical (unpaired) electrons. The average molecular weight is 295 g/mol. The molecular weight excluding hydrogens is 283 g/mol. The highest BCUT2D eigenvalue weighted by Crippen LogP contribution is 2.38. The summed E-state index contributed by atoms with van der Waals surface area (Å²) >= 11 is 12.4. The maximum absolute atomic E-state index is 12.1. The molecule has 2 aromatic rings. The van der Waals surface area contributed by atoms with Crippen molar-refractivity contribution in [3.05, 3.63) is 70.7 Å². The van der Waals surface area contributed by atoms with Crippen molar-refractivity contribution in [1.82, 2.24) is 0 Å². The molecule has 0 aliphatic carbocycles. The molecule has 0 aliphatic heterocycles. The molecular formula is C15H12Cl2O2. The zero-order valence-electron chi connectivity index (χ0n) is 10.3. The van der Waals surface area contributed by atoms with E-state index in [0.717, 1.165) is 0 Å².